The summed E-state index contributed by atoms with van der Waals surface area (Å²) in [7, 11) is 1.67. The Bertz CT molecular complexity index is 1190. The highest BCUT2D eigenvalue weighted by Crippen LogP contribution is 2.39. The van der Waals surface area contributed by atoms with Gasteiger partial charge < -0.3 is 23.8 Å². The van der Waals surface area contributed by atoms with Crippen molar-refractivity contribution in [3.63, 3.8) is 0 Å². The van der Waals surface area contributed by atoms with Gasteiger partial charge in [-0.25, -0.2) is 9.98 Å². The van der Waals surface area contributed by atoms with Crippen LogP contribution in [0.1, 0.15) is 18.4 Å². The average molecular weight is 450 g/mol. The van der Waals surface area contributed by atoms with Crippen LogP contribution in [-0.4, -0.2) is 48.2 Å². The number of fused-ring (bicyclic) bond motifs is 3. The molecule has 0 unspecified atom stereocenters. The molecule has 1 fully saturated rings. The minimum atomic E-state index is 0.237. The first-order chi connectivity index (χ1) is 15.7. The van der Waals surface area contributed by atoms with Gasteiger partial charge in [-0.05, 0) is 61.0 Å². The molecular weight excluding hydrogens is 426 g/mol. The Morgan fingerprint density at radius 1 is 1.16 bits per heavy atom. The number of amidine groups is 1. The van der Waals surface area contributed by atoms with Crippen LogP contribution in [0.4, 0.5) is 5.69 Å². The number of hydrogen-bond donors (Lipinski definition) is 0. The van der Waals surface area contributed by atoms with Crippen LogP contribution in [-0.2, 0) is 11.3 Å². The van der Waals surface area contributed by atoms with Crippen molar-refractivity contribution in [1.82, 2.24) is 9.88 Å². The van der Waals surface area contributed by atoms with E-state index in [2.05, 4.69) is 11.0 Å². The van der Waals surface area contributed by atoms with Gasteiger partial charge in [-0.1, -0.05) is 0 Å². The van der Waals surface area contributed by atoms with Crippen molar-refractivity contribution in [1.29, 1.82) is 0 Å². The van der Waals surface area contributed by atoms with Crippen molar-refractivity contribution in [3.05, 3.63) is 48.0 Å². The molecule has 4 heterocycles. The molecule has 164 valence electrons. The Morgan fingerprint density at radius 2 is 2.00 bits per heavy atom. The Labute approximate surface area is 190 Å². The van der Waals surface area contributed by atoms with Crippen LogP contribution in [0, 0.1) is 0 Å². The SMILES string of the molecule is COc1ccc(N=C2Sc3nc4cc5c(cc4cc3CN2C[C@@H]2CCCO2)OCO5)cc1. The fourth-order valence-electron chi connectivity index (χ4n) is 4.25. The highest BCUT2D eigenvalue weighted by atomic mass is 32.2. The summed E-state index contributed by atoms with van der Waals surface area (Å²) in [5.74, 6) is 2.34. The van der Waals surface area contributed by atoms with Gasteiger partial charge in [-0.2, -0.15) is 0 Å². The van der Waals surface area contributed by atoms with E-state index in [9.17, 15) is 0 Å². The summed E-state index contributed by atoms with van der Waals surface area (Å²) in [6, 6.07) is 14.0. The fourth-order valence-corrected chi connectivity index (χ4v) is 5.24. The summed E-state index contributed by atoms with van der Waals surface area (Å²) < 4.78 is 22.3. The van der Waals surface area contributed by atoms with Crippen LogP contribution in [0.3, 0.4) is 0 Å². The monoisotopic (exact) mass is 449 g/mol. The van der Waals surface area contributed by atoms with Gasteiger partial charge in [0.1, 0.15) is 10.8 Å². The van der Waals surface area contributed by atoms with Crippen molar-refractivity contribution in [3.8, 4) is 17.2 Å². The number of aromatic nitrogens is 1. The second-order valence-electron chi connectivity index (χ2n) is 8.06. The van der Waals surface area contributed by atoms with Crippen molar-refractivity contribution in [2.24, 2.45) is 4.99 Å². The molecule has 0 N–H and O–H groups in total. The first-order valence-corrected chi connectivity index (χ1v) is 11.6. The second kappa shape index (κ2) is 8.18. The number of ether oxygens (including phenoxy) is 4. The molecule has 6 rings (SSSR count). The molecule has 0 spiro atoms. The Balaban J connectivity index is 1.37. The van der Waals surface area contributed by atoms with Gasteiger partial charge in [0.15, 0.2) is 16.7 Å². The van der Waals surface area contributed by atoms with E-state index >= 15 is 0 Å². The minimum absolute atomic E-state index is 0.237. The Kier molecular flexibility index (Phi) is 5.04. The quantitative estimate of drug-likeness (QED) is 0.570. The summed E-state index contributed by atoms with van der Waals surface area (Å²) in [4.78, 5) is 12.2. The van der Waals surface area contributed by atoms with Gasteiger partial charge in [-0.15, -0.1) is 0 Å². The lowest BCUT2D eigenvalue weighted by Gasteiger charge is -2.32. The van der Waals surface area contributed by atoms with Crippen molar-refractivity contribution < 1.29 is 18.9 Å². The van der Waals surface area contributed by atoms with E-state index in [1.165, 1.54) is 5.56 Å². The molecule has 3 aromatic rings. The number of aliphatic imine (C=N–C) groups is 1. The van der Waals surface area contributed by atoms with E-state index in [1.807, 2.05) is 36.4 Å². The maximum atomic E-state index is 5.92. The second-order valence-corrected chi connectivity index (χ2v) is 9.02. The first kappa shape index (κ1) is 19.7. The molecule has 1 aromatic heterocycles. The number of rotatable bonds is 4. The van der Waals surface area contributed by atoms with Crippen molar-refractivity contribution in [2.75, 3.05) is 27.1 Å². The summed E-state index contributed by atoms with van der Waals surface area (Å²) >= 11 is 1.61. The van der Waals surface area contributed by atoms with E-state index in [1.54, 1.807) is 18.9 Å². The van der Waals surface area contributed by atoms with E-state index < -0.39 is 0 Å². The molecule has 3 aliphatic rings. The molecular formula is C24H23N3O4S. The molecule has 0 saturated carbocycles. The van der Waals surface area contributed by atoms with Gasteiger partial charge in [0.05, 0.1) is 24.4 Å². The Morgan fingerprint density at radius 3 is 2.78 bits per heavy atom. The highest BCUT2D eigenvalue weighted by Gasteiger charge is 2.28. The number of benzene rings is 2. The molecule has 0 aliphatic carbocycles. The summed E-state index contributed by atoms with van der Waals surface area (Å²) in [6.07, 6.45) is 2.44. The van der Waals surface area contributed by atoms with E-state index in [0.717, 1.165) is 76.6 Å². The van der Waals surface area contributed by atoms with Crippen LogP contribution in [0.5, 0.6) is 17.2 Å². The molecule has 7 nitrogen and oxygen atoms in total. The maximum Gasteiger partial charge on any atom is 0.231 e. The normalized spacial score (nSPS) is 20.7. The lowest BCUT2D eigenvalue weighted by atomic mass is 10.1. The van der Waals surface area contributed by atoms with Crippen LogP contribution in [0.2, 0.25) is 0 Å². The zero-order valence-electron chi connectivity index (χ0n) is 17.7. The van der Waals surface area contributed by atoms with Gasteiger partial charge in [-0.3, -0.25) is 0 Å². The minimum Gasteiger partial charge on any atom is -0.497 e. The number of hydrogen-bond acceptors (Lipinski definition) is 7. The largest absolute Gasteiger partial charge is 0.497 e. The standard InChI is InChI=1S/C24H23N3O4S/c1-28-18-6-4-17(5-7-18)25-24-27(13-19-3-2-8-29-19)12-16-9-15-10-21-22(31-14-30-21)11-20(15)26-23(16)32-24/h4-7,9-11,19H,2-3,8,12-14H2,1H3/t19-/m0/s1. The fraction of sp³-hybridized carbons (Fsp3) is 0.333. The summed E-state index contributed by atoms with van der Waals surface area (Å²) in [6.45, 7) is 2.66. The van der Waals surface area contributed by atoms with Gasteiger partial charge in [0.25, 0.3) is 0 Å². The number of pyridine rings is 1. The van der Waals surface area contributed by atoms with Gasteiger partial charge >= 0.3 is 0 Å². The van der Waals surface area contributed by atoms with Crippen LogP contribution in [0.25, 0.3) is 10.9 Å². The van der Waals surface area contributed by atoms with E-state index in [-0.39, 0.29) is 12.9 Å². The molecule has 0 bridgehead atoms. The zero-order valence-corrected chi connectivity index (χ0v) is 18.6. The van der Waals surface area contributed by atoms with E-state index in [0.29, 0.717) is 0 Å². The number of methoxy groups -OCH3 is 1. The topological polar surface area (TPSA) is 65.4 Å². The third-order valence-electron chi connectivity index (χ3n) is 5.91. The summed E-state index contributed by atoms with van der Waals surface area (Å²) in [5.41, 5.74) is 2.98. The molecule has 1 saturated heterocycles. The van der Waals surface area contributed by atoms with Crippen molar-refractivity contribution >= 4 is 33.5 Å². The van der Waals surface area contributed by atoms with E-state index in [4.69, 9.17) is 28.9 Å². The molecule has 32 heavy (non-hydrogen) atoms. The molecule has 2 aromatic carbocycles. The highest BCUT2D eigenvalue weighted by molar-refractivity contribution is 8.13. The third-order valence-corrected chi connectivity index (χ3v) is 6.99. The lowest BCUT2D eigenvalue weighted by molar-refractivity contribution is 0.0903. The molecule has 0 amide bonds. The zero-order chi connectivity index (χ0) is 21.5. The first-order valence-electron chi connectivity index (χ1n) is 10.8. The van der Waals surface area contributed by atoms with Crippen LogP contribution < -0.4 is 14.2 Å². The number of nitrogens with zero attached hydrogens (tertiary/aromatic N) is 3. The molecule has 3 aliphatic heterocycles. The van der Waals surface area contributed by atoms with Gasteiger partial charge in [0, 0.05) is 36.7 Å². The third kappa shape index (κ3) is 3.73. The molecule has 8 heteroatoms. The van der Waals surface area contributed by atoms with Crippen LogP contribution >= 0.6 is 11.8 Å². The van der Waals surface area contributed by atoms with Gasteiger partial charge in [0.2, 0.25) is 6.79 Å². The predicted octanol–water partition coefficient (Wildman–Crippen LogP) is 4.75. The smallest absolute Gasteiger partial charge is 0.231 e. The number of thioether (sulfide) groups is 1. The predicted molar refractivity (Wildman–Crippen MR) is 123 cm³/mol. The average Bonchev–Trinajstić information content (AvgIpc) is 3.49. The maximum absolute atomic E-state index is 5.92. The lowest BCUT2D eigenvalue weighted by Crippen LogP contribution is -2.37. The Hall–Kier alpha value is -2.97. The van der Waals surface area contributed by atoms with Crippen molar-refractivity contribution in [2.45, 2.75) is 30.5 Å². The molecule has 1 atom stereocenters. The van der Waals surface area contributed by atoms with Crippen LogP contribution in [0.15, 0.2) is 52.5 Å². The molecule has 0 radical (unpaired) electrons. The summed E-state index contributed by atoms with van der Waals surface area (Å²) in [5, 5.41) is 2.97.